The lowest BCUT2D eigenvalue weighted by molar-refractivity contribution is 0.736. The van der Waals surface area contributed by atoms with Crippen molar-refractivity contribution in [3.8, 4) is 11.1 Å². The molecule has 0 aliphatic heterocycles. The van der Waals surface area contributed by atoms with Crippen LogP contribution in [0.3, 0.4) is 0 Å². The topological polar surface area (TPSA) is 0 Å². The van der Waals surface area contributed by atoms with Crippen molar-refractivity contribution in [2.45, 2.75) is 30.6 Å². The highest BCUT2D eigenvalue weighted by molar-refractivity contribution is 7.40. The molecule has 0 saturated heterocycles. The van der Waals surface area contributed by atoms with Gasteiger partial charge in [0.05, 0.1) is 0 Å². The lowest BCUT2D eigenvalue weighted by atomic mass is 10.1. The highest BCUT2D eigenvalue weighted by atomic mass is 31.1. The minimum Gasteiger partial charge on any atom is -0.102 e. The second-order valence-electron chi connectivity index (χ2n) is 5.74. The Labute approximate surface area is 122 Å². The van der Waals surface area contributed by atoms with Gasteiger partial charge in [0.2, 0.25) is 0 Å². The first-order valence-corrected chi connectivity index (χ1v) is 8.70. The smallest absolute Gasteiger partial charge is 0.0280 e. The molecule has 0 heterocycles. The number of benzene rings is 2. The number of fused-ring (bicyclic) bond motifs is 3. The molecule has 2 aliphatic rings. The van der Waals surface area contributed by atoms with Crippen LogP contribution >= 0.6 is 8.58 Å². The van der Waals surface area contributed by atoms with E-state index in [1.54, 1.807) is 11.1 Å². The Kier molecular flexibility index (Phi) is 3.20. The van der Waals surface area contributed by atoms with E-state index in [1.165, 1.54) is 30.4 Å². The quantitative estimate of drug-likeness (QED) is 0.499. The summed E-state index contributed by atoms with van der Waals surface area (Å²) in [6.45, 7) is 0. The van der Waals surface area contributed by atoms with E-state index in [0.717, 1.165) is 14.2 Å². The van der Waals surface area contributed by atoms with Gasteiger partial charge in [-0.2, -0.15) is 0 Å². The fraction of sp³-hybridized carbons (Fsp3) is 0.263. The van der Waals surface area contributed by atoms with E-state index >= 15 is 0 Å². The molecule has 2 aliphatic carbocycles. The van der Waals surface area contributed by atoms with Gasteiger partial charge in [0, 0.05) is 5.66 Å². The van der Waals surface area contributed by atoms with Crippen molar-refractivity contribution >= 4 is 8.58 Å². The predicted octanol–water partition coefficient (Wildman–Crippen LogP) is 5.54. The van der Waals surface area contributed by atoms with Crippen molar-refractivity contribution in [1.29, 1.82) is 0 Å². The minimum absolute atomic E-state index is 0.621. The van der Waals surface area contributed by atoms with Crippen molar-refractivity contribution in [2.75, 3.05) is 0 Å². The highest BCUT2D eigenvalue weighted by Gasteiger charge is 2.29. The van der Waals surface area contributed by atoms with E-state index in [0.29, 0.717) is 5.66 Å². The molecule has 0 aromatic heterocycles. The Bertz CT molecular complexity index is 611. The van der Waals surface area contributed by atoms with Gasteiger partial charge in [-0.25, -0.2) is 0 Å². The largest absolute Gasteiger partial charge is 0.102 e. The fourth-order valence-electron chi connectivity index (χ4n) is 3.50. The molecule has 0 spiro atoms. The molecular weight excluding hydrogens is 259 g/mol. The standard InChI is InChI=1S/C19H19P/c1-2-8-14(9-3-1)20-19-17-12-6-4-10-15(17)16-11-5-7-13-18(16)19/h2,4-8,10-14,19-20H,1,3,9H2. The molecule has 4 rings (SSSR count). The van der Waals surface area contributed by atoms with E-state index in [9.17, 15) is 0 Å². The minimum atomic E-state index is 0.621. The van der Waals surface area contributed by atoms with Crippen LogP contribution in [0.15, 0.2) is 60.7 Å². The van der Waals surface area contributed by atoms with Gasteiger partial charge in [-0.05, 0) is 47.2 Å². The Morgan fingerprint density at radius 1 is 0.850 bits per heavy atom. The highest BCUT2D eigenvalue weighted by Crippen LogP contribution is 2.55. The lowest BCUT2D eigenvalue weighted by Gasteiger charge is -2.22. The average molecular weight is 278 g/mol. The molecule has 1 heteroatoms. The lowest BCUT2D eigenvalue weighted by Crippen LogP contribution is -2.03. The first-order chi connectivity index (χ1) is 9.93. The Morgan fingerprint density at radius 2 is 1.50 bits per heavy atom. The van der Waals surface area contributed by atoms with Gasteiger partial charge in [-0.3, -0.25) is 0 Å². The van der Waals surface area contributed by atoms with Gasteiger partial charge in [0.1, 0.15) is 0 Å². The molecule has 0 amide bonds. The summed E-state index contributed by atoms with van der Waals surface area (Å²) >= 11 is 0. The summed E-state index contributed by atoms with van der Waals surface area (Å²) in [6, 6.07) is 18.0. The van der Waals surface area contributed by atoms with E-state index in [-0.39, 0.29) is 0 Å². The second-order valence-corrected chi connectivity index (χ2v) is 7.39. The second kappa shape index (κ2) is 5.19. The maximum absolute atomic E-state index is 2.46. The maximum Gasteiger partial charge on any atom is 0.0280 e. The molecule has 0 bridgehead atoms. The van der Waals surface area contributed by atoms with Crippen molar-refractivity contribution in [2.24, 2.45) is 0 Å². The summed E-state index contributed by atoms with van der Waals surface area (Å²) in [5.41, 5.74) is 7.42. The van der Waals surface area contributed by atoms with Crippen LogP contribution in [-0.2, 0) is 0 Å². The van der Waals surface area contributed by atoms with Gasteiger partial charge < -0.3 is 0 Å². The Balaban J connectivity index is 1.75. The van der Waals surface area contributed by atoms with Crippen molar-refractivity contribution in [3.05, 3.63) is 71.8 Å². The normalized spacial score (nSPS) is 21.3. The summed E-state index contributed by atoms with van der Waals surface area (Å²) in [4.78, 5) is 0. The third-order valence-electron chi connectivity index (χ3n) is 4.47. The molecule has 2 unspecified atom stereocenters. The Hall–Kier alpha value is -1.39. The Morgan fingerprint density at radius 3 is 2.10 bits per heavy atom. The van der Waals surface area contributed by atoms with E-state index in [2.05, 4.69) is 60.7 Å². The summed E-state index contributed by atoms with van der Waals surface area (Å²) in [7, 11) is 0.982. The third kappa shape index (κ3) is 2.03. The number of allylic oxidation sites excluding steroid dienone is 2. The van der Waals surface area contributed by atoms with Crippen LogP contribution in [0.25, 0.3) is 11.1 Å². The molecule has 2 aromatic carbocycles. The molecule has 2 atom stereocenters. The molecule has 2 aromatic rings. The summed E-state index contributed by atoms with van der Waals surface area (Å²) in [6.07, 6.45) is 8.86. The van der Waals surface area contributed by atoms with Crippen LogP contribution in [0.5, 0.6) is 0 Å². The number of hydrogen-bond donors (Lipinski definition) is 0. The SMILES string of the molecule is C1=CC(PC2c3ccccc3-c3ccccc32)CCC1. The molecule has 0 nitrogen and oxygen atoms in total. The van der Waals surface area contributed by atoms with Crippen LogP contribution in [0.4, 0.5) is 0 Å². The third-order valence-corrected chi connectivity index (χ3v) is 6.33. The zero-order chi connectivity index (χ0) is 13.4. The van der Waals surface area contributed by atoms with Crippen molar-refractivity contribution < 1.29 is 0 Å². The van der Waals surface area contributed by atoms with Crippen LogP contribution in [-0.4, -0.2) is 5.66 Å². The van der Waals surface area contributed by atoms with Gasteiger partial charge >= 0.3 is 0 Å². The molecule has 20 heavy (non-hydrogen) atoms. The molecule has 100 valence electrons. The van der Waals surface area contributed by atoms with Gasteiger partial charge in [-0.15, -0.1) is 8.58 Å². The van der Waals surface area contributed by atoms with Gasteiger partial charge in [-0.1, -0.05) is 60.7 Å². The van der Waals surface area contributed by atoms with Crippen LogP contribution in [0.1, 0.15) is 36.0 Å². The average Bonchev–Trinajstić information content (AvgIpc) is 2.84. The zero-order valence-electron chi connectivity index (χ0n) is 11.5. The van der Waals surface area contributed by atoms with Gasteiger partial charge in [0.15, 0.2) is 0 Å². The van der Waals surface area contributed by atoms with Crippen LogP contribution < -0.4 is 0 Å². The van der Waals surface area contributed by atoms with Gasteiger partial charge in [0.25, 0.3) is 0 Å². The molecule has 0 radical (unpaired) electrons. The van der Waals surface area contributed by atoms with Crippen molar-refractivity contribution in [1.82, 2.24) is 0 Å². The summed E-state index contributed by atoms with van der Waals surface area (Å²) < 4.78 is 0. The fourth-order valence-corrected chi connectivity index (χ4v) is 5.41. The van der Waals surface area contributed by atoms with Crippen LogP contribution in [0, 0.1) is 0 Å². The van der Waals surface area contributed by atoms with E-state index in [1.807, 2.05) is 0 Å². The monoisotopic (exact) mass is 278 g/mol. The zero-order valence-corrected chi connectivity index (χ0v) is 12.5. The van der Waals surface area contributed by atoms with E-state index in [4.69, 9.17) is 0 Å². The summed E-state index contributed by atoms with van der Waals surface area (Å²) in [5.74, 6) is 0. The number of hydrogen-bond acceptors (Lipinski definition) is 0. The predicted molar refractivity (Wildman–Crippen MR) is 88.8 cm³/mol. The van der Waals surface area contributed by atoms with Crippen molar-refractivity contribution in [3.63, 3.8) is 0 Å². The first kappa shape index (κ1) is 12.4. The van der Waals surface area contributed by atoms with E-state index < -0.39 is 0 Å². The first-order valence-electron chi connectivity index (χ1n) is 7.54. The maximum atomic E-state index is 2.46. The van der Waals surface area contributed by atoms with Crippen LogP contribution in [0.2, 0.25) is 0 Å². The molecule has 0 fully saturated rings. The molecular formula is C19H19P. The number of rotatable bonds is 2. The molecule has 0 N–H and O–H groups in total. The summed E-state index contributed by atoms with van der Waals surface area (Å²) in [5, 5.41) is 0. The molecule has 0 saturated carbocycles.